The Balaban J connectivity index is 1.76. The lowest BCUT2D eigenvalue weighted by Gasteiger charge is -2.30. The summed E-state index contributed by atoms with van der Waals surface area (Å²) >= 11 is 7.15. The molecule has 0 radical (unpaired) electrons. The van der Waals surface area contributed by atoms with Crippen molar-refractivity contribution in [1.29, 1.82) is 0 Å². The maximum Gasteiger partial charge on any atom is 0.333 e. The van der Waals surface area contributed by atoms with Gasteiger partial charge in [0, 0.05) is 18.8 Å². The Morgan fingerprint density at radius 2 is 1.98 bits per heavy atom. The van der Waals surface area contributed by atoms with E-state index in [-0.39, 0.29) is 18.0 Å². The van der Waals surface area contributed by atoms with Crippen LogP contribution in [-0.4, -0.2) is 45.8 Å². The van der Waals surface area contributed by atoms with Gasteiger partial charge in [0.15, 0.2) is 0 Å². The van der Waals surface area contributed by atoms with Crippen molar-refractivity contribution in [2.75, 3.05) is 20.3 Å². The van der Waals surface area contributed by atoms with Gasteiger partial charge in [-0.25, -0.2) is 14.3 Å². The van der Waals surface area contributed by atoms with Gasteiger partial charge in [-0.05, 0) is 56.8 Å². The van der Waals surface area contributed by atoms with Crippen LogP contribution < -0.4 is 16.0 Å². The molecule has 1 aliphatic heterocycles. The molecule has 4 aromatic rings. The number of carbonyl (C=O) groups excluding carboxylic acids is 1. The smallest absolute Gasteiger partial charge is 0.333 e. The molecule has 0 spiro atoms. The first-order valence-electron chi connectivity index (χ1n) is 12.9. The molecule has 0 bridgehead atoms. The standard InChI is InChI=1S/C28H30ClN3O7S/c1-16-21-24(33)32(28(2,3)26(29)34)27(35)31(25(21)40-22(16)23-30-11-14-38-23)15-20(39-17-9-12-37-13-10-17)18-7-5-6-8-19(18)36-4/h5-8,11,14,17,20H,9-10,12-13,15H2,1-4H3/t20-/m0/s1. The minimum Gasteiger partial charge on any atom is -0.496 e. The number of ether oxygens (including phenoxy) is 3. The summed E-state index contributed by atoms with van der Waals surface area (Å²) in [6.45, 7) is 5.88. The lowest BCUT2D eigenvalue weighted by Crippen LogP contribution is -2.51. The van der Waals surface area contributed by atoms with Gasteiger partial charge in [0.1, 0.15) is 28.5 Å². The minimum absolute atomic E-state index is 0.0465. The molecule has 1 aromatic carbocycles. The zero-order valence-corrected chi connectivity index (χ0v) is 24.2. The van der Waals surface area contributed by atoms with Gasteiger partial charge in [0.05, 0.1) is 36.2 Å². The van der Waals surface area contributed by atoms with Crippen LogP contribution in [0.15, 0.2) is 50.7 Å². The van der Waals surface area contributed by atoms with Crippen molar-refractivity contribution in [3.05, 3.63) is 68.7 Å². The van der Waals surface area contributed by atoms with E-state index >= 15 is 0 Å². The van der Waals surface area contributed by atoms with E-state index in [0.717, 1.165) is 10.1 Å². The number of aromatic nitrogens is 3. The van der Waals surface area contributed by atoms with Crippen LogP contribution >= 0.6 is 22.9 Å². The normalized spacial score (nSPS) is 15.4. The average Bonchev–Trinajstić information content (AvgIpc) is 3.59. The molecule has 12 heteroatoms. The number of fused-ring (bicyclic) bond motifs is 1. The third-order valence-electron chi connectivity index (χ3n) is 7.24. The van der Waals surface area contributed by atoms with Gasteiger partial charge in [0.25, 0.3) is 5.56 Å². The van der Waals surface area contributed by atoms with Crippen LogP contribution in [-0.2, 0) is 26.4 Å². The zero-order valence-electron chi connectivity index (χ0n) is 22.6. The number of rotatable bonds is 9. The third kappa shape index (κ3) is 5.03. The molecule has 212 valence electrons. The monoisotopic (exact) mass is 587 g/mol. The predicted octanol–water partition coefficient (Wildman–Crippen LogP) is 4.63. The van der Waals surface area contributed by atoms with E-state index < -0.39 is 28.1 Å². The fourth-order valence-electron chi connectivity index (χ4n) is 4.99. The van der Waals surface area contributed by atoms with Crippen LogP contribution in [0.3, 0.4) is 0 Å². The van der Waals surface area contributed by atoms with E-state index in [1.54, 1.807) is 14.0 Å². The van der Waals surface area contributed by atoms with Gasteiger partial charge < -0.3 is 18.6 Å². The first-order chi connectivity index (χ1) is 19.1. The summed E-state index contributed by atoms with van der Waals surface area (Å²) in [5.41, 5.74) is -1.55. The van der Waals surface area contributed by atoms with Gasteiger partial charge in [-0.2, -0.15) is 0 Å². The number of thiophene rings is 1. The number of oxazole rings is 1. The highest BCUT2D eigenvalue weighted by Crippen LogP contribution is 2.37. The van der Waals surface area contributed by atoms with Crippen LogP contribution in [0.4, 0.5) is 0 Å². The molecular formula is C28H30ClN3O7S. The molecule has 1 aliphatic rings. The number of benzene rings is 1. The van der Waals surface area contributed by atoms with Crippen LogP contribution in [0, 0.1) is 6.92 Å². The number of hydrogen-bond acceptors (Lipinski definition) is 9. The SMILES string of the molecule is COc1ccccc1[C@H](Cn1c(=O)n(C(C)(C)C(=O)Cl)c(=O)c2c(C)c(-c3ncco3)sc21)OC1CCOCC1. The number of carbonyl (C=O) groups is 1. The molecule has 0 N–H and O–H groups in total. The molecule has 4 heterocycles. The van der Waals surface area contributed by atoms with E-state index in [1.807, 2.05) is 24.3 Å². The zero-order chi connectivity index (χ0) is 28.6. The van der Waals surface area contributed by atoms with E-state index in [9.17, 15) is 14.4 Å². The Morgan fingerprint density at radius 1 is 1.25 bits per heavy atom. The Hall–Kier alpha value is -3.25. The molecule has 1 atom stereocenters. The lowest BCUT2D eigenvalue weighted by atomic mass is 10.1. The van der Waals surface area contributed by atoms with Crippen molar-refractivity contribution in [2.45, 2.75) is 57.9 Å². The second kappa shape index (κ2) is 11.3. The van der Waals surface area contributed by atoms with Crippen molar-refractivity contribution >= 4 is 38.4 Å². The number of para-hydroxylation sites is 1. The largest absolute Gasteiger partial charge is 0.496 e. The fourth-order valence-corrected chi connectivity index (χ4v) is 6.31. The Labute approximate surface area is 239 Å². The second-order valence-electron chi connectivity index (χ2n) is 10.1. The lowest BCUT2D eigenvalue weighted by molar-refractivity contribution is -0.118. The van der Waals surface area contributed by atoms with Gasteiger partial charge in [0.2, 0.25) is 11.1 Å². The number of hydrogen-bond donors (Lipinski definition) is 0. The maximum absolute atomic E-state index is 14.2. The van der Waals surface area contributed by atoms with Crippen molar-refractivity contribution < 1.29 is 23.4 Å². The van der Waals surface area contributed by atoms with Crippen molar-refractivity contribution in [1.82, 2.24) is 14.1 Å². The topological polar surface area (TPSA) is 115 Å². The third-order valence-corrected chi connectivity index (χ3v) is 9.00. The van der Waals surface area contributed by atoms with Gasteiger partial charge >= 0.3 is 5.69 Å². The molecule has 0 amide bonds. The van der Waals surface area contributed by atoms with E-state index in [0.29, 0.717) is 53.0 Å². The van der Waals surface area contributed by atoms with E-state index in [4.69, 9.17) is 30.2 Å². The first kappa shape index (κ1) is 28.3. The summed E-state index contributed by atoms with van der Waals surface area (Å²) in [5.74, 6) is 0.937. The summed E-state index contributed by atoms with van der Waals surface area (Å²) < 4.78 is 25.7. The summed E-state index contributed by atoms with van der Waals surface area (Å²) in [4.78, 5) is 45.8. The molecule has 40 heavy (non-hydrogen) atoms. The molecule has 1 fully saturated rings. The van der Waals surface area contributed by atoms with Crippen molar-refractivity contribution in [3.63, 3.8) is 0 Å². The van der Waals surface area contributed by atoms with E-state index in [1.165, 1.54) is 42.2 Å². The quantitative estimate of drug-likeness (QED) is 0.260. The summed E-state index contributed by atoms with van der Waals surface area (Å²) in [6.07, 6.45) is 3.65. The molecule has 3 aromatic heterocycles. The van der Waals surface area contributed by atoms with Gasteiger partial charge in [-0.3, -0.25) is 14.2 Å². The molecule has 0 unspecified atom stereocenters. The molecule has 5 rings (SSSR count). The second-order valence-corrected chi connectivity index (χ2v) is 11.5. The number of aryl methyl sites for hydroxylation is 1. The van der Waals surface area contributed by atoms with Crippen LogP contribution in [0.1, 0.15) is 43.9 Å². The highest BCUT2D eigenvalue weighted by atomic mass is 35.5. The Kier molecular flexibility index (Phi) is 8.01. The minimum atomic E-state index is -1.61. The van der Waals surface area contributed by atoms with Gasteiger partial charge in [-0.1, -0.05) is 18.2 Å². The number of halogens is 1. The number of nitrogens with zero attached hydrogens (tertiary/aromatic N) is 3. The molecule has 0 aliphatic carbocycles. The van der Waals surface area contributed by atoms with Crippen molar-refractivity contribution in [3.8, 4) is 16.5 Å². The average molecular weight is 588 g/mol. The highest BCUT2D eigenvalue weighted by molar-refractivity contribution is 7.22. The first-order valence-corrected chi connectivity index (χ1v) is 14.1. The van der Waals surface area contributed by atoms with Gasteiger partial charge in [-0.15, -0.1) is 11.3 Å². The summed E-state index contributed by atoms with van der Waals surface area (Å²) in [5, 5.41) is -0.549. The highest BCUT2D eigenvalue weighted by Gasteiger charge is 2.35. The van der Waals surface area contributed by atoms with Crippen molar-refractivity contribution in [2.24, 2.45) is 0 Å². The predicted molar refractivity (Wildman–Crippen MR) is 151 cm³/mol. The van der Waals surface area contributed by atoms with E-state index in [2.05, 4.69) is 4.98 Å². The Bertz CT molecular complexity index is 1650. The number of methoxy groups -OCH3 is 1. The maximum atomic E-state index is 14.2. The summed E-state index contributed by atoms with van der Waals surface area (Å²) in [7, 11) is 1.58. The Morgan fingerprint density at radius 3 is 2.62 bits per heavy atom. The molecular weight excluding hydrogens is 558 g/mol. The van der Waals surface area contributed by atoms with Crippen LogP contribution in [0.5, 0.6) is 5.75 Å². The molecule has 0 saturated carbocycles. The fraction of sp³-hybridized carbons (Fsp3) is 0.429. The van der Waals surface area contributed by atoms with Crippen LogP contribution in [0.2, 0.25) is 0 Å². The molecule has 1 saturated heterocycles. The summed E-state index contributed by atoms with van der Waals surface area (Å²) in [6, 6.07) is 7.46. The van der Waals surface area contributed by atoms with Crippen LogP contribution in [0.25, 0.3) is 21.0 Å². The molecule has 10 nitrogen and oxygen atoms in total.